The van der Waals surface area contributed by atoms with Gasteiger partial charge in [-0.05, 0) is 95.5 Å². The molecule has 0 aromatic heterocycles. The zero-order chi connectivity index (χ0) is 18.4. The quantitative estimate of drug-likeness (QED) is 0.740. The molecular weight excluding hydrogens is 314 g/mol. The van der Waals surface area contributed by atoms with Crippen LogP contribution < -0.4 is 10.1 Å². The second-order valence-corrected chi connectivity index (χ2v) is 8.08. The number of carbonyl (C=O) groups is 1. The van der Waals surface area contributed by atoms with Crippen molar-refractivity contribution in [3.05, 3.63) is 29.3 Å². The minimum Gasteiger partial charge on any atom is -0.493 e. The molecule has 1 aromatic rings. The largest absolute Gasteiger partial charge is 0.493 e. The first-order valence-corrected chi connectivity index (χ1v) is 9.45. The number of benzene rings is 1. The van der Waals surface area contributed by atoms with Crippen molar-refractivity contribution in [2.24, 2.45) is 17.3 Å². The fourth-order valence-corrected chi connectivity index (χ4v) is 3.65. The average Bonchev–Trinajstić information content (AvgIpc) is 2.57. The minimum atomic E-state index is -0.734. The van der Waals surface area contributed by atoms with Gasteiger partial charge in [-0.2, -0.15) is 0 Å². The third-order valence-corrected chi connectivity index (χ3v) is 5.66. The standard InChI is InChI=1S/C21H33NO3/c1-15-7-8-16(2)19(12-15)25-11-9-18(21(3,4)20(23)24)13-17-6-5-10-22-14-17/h7-8,12,17-18,22H,5-6,9-11,13-14H2,1-4H3,(H,23,24). The molecule has 0 aliphatic carbocycles. The van der Waals surface area contributed by atoms with Crippen molar-refractivity contribution >= 4 is 5.97 Å². The summed E-state index contributed by atoms with van der Waals surface area (Å²) in [5.74, 6) is 0.873. The van der Waals surface area contributed by atoms with Gasteiger partial charge in [0.05, 0.1) is 12.0 Å². The molecule has 1 aliphatic rings. The van der Waals surface area contributed by atoms with Crippen molar-refractivity contribution in [1.29, 1.82) is 0 Å². The molecule has 4 heteroatoms. The van der Waals surface area contributed by atoms with E-state index >= 15 is 0 Å². The highest BCUT2D eigenvalue weighted by Crippen LogP contribution is 2.36. The molecule has 1 fully saturated rings. The molecule has 0 bridgehead atoms. The summed E-state index contributed by atoms with van der Waals surface area (Å²) < 4.78 is 6.00. The van der Waals surface area contributed by atoms with Crippen LogP contribution in [0.5, 0.6) is 5.75 Å². The number of rotatable bonds is 8. The Kier molecular flexibility index (Phi) is 6.88. The second kappa shape index (κ2) is 8.70. The first kappa shape index (κ1) is 19.8. The average molecular weight is 347 g/mol. The number of aliphatic carboxylic acids is 1. The highest BCUT2D eigenvalue weighted by atomic mass is 16.5. The first-order chi connectivity index (χ1) is 11.8. The molecule has 140 valence electrons. The topological polar surface area (TPSA) is 58.6 Å². The smallest absolute Gasteiger partial charge is 0.309 e. The number of hydrogen-bond donors (Lipinski definition) is 2. The van der Waals surface area contributed by atoms with Crippen molar-refractivity contribution in [2.75, 3.05) is 19.7 Å². The number of ether oxygens (including phenoxy) is 1. The van der Waals surface area contributed by atoms with E-state index in [2.05, 4.69) is 30.4 Å². The molecule has 25 heavy (non-hydrogen) atoms. The Morgan fingerprint density at radius 2 is 2.16 bits per heavy atom. The monoisotopic (exact) mass is 347 g/mol. The molecule has 0 radical (unpaired) electrons. The number of nitrogens with one attached hydrogen (secondary N) is 1. The molecule has 2 N–H and O–H groups in total. The van der Waals surface area contributed by atoms with Crippen LogP contribution in [0.3, 0.4) is 0 Å². The summed E-state index contributed by atoms with van der Waals surface area (Å²) in [4.78, 5) is 11.8. The molecule has 0 spiro atoms. The van der Waals surface area contributed by atoms with E-state index < -0.39 is 11.4 Å². The molecule has 1 aliphatic heterocycles. The number of piperidine rings is 1. The summed E-state index contributed by atoms with van der Waals surface area (Å²) in [6, 6.07) is 6.20. The molecule has 4 nitrogen and oxygen atoms in total. The zero-order valence-corrected chi connectivity index (χ0v) is 16.1. The van der Waals surface area contributed by atoms with Crippen LogP contribution in [0, 0.1) is 31.1 Å². The van der Waals surface area contributed by atoms with E-state index in [0.717, 1.165) is 37.2 Å². The van der Waals surface area contributed by atoms with Crippen LogP contribution in [-0.2, 0) is 4.79 Å². The summed E-state index contributed by atoms with van der Waals surface area (Å²) in [5.41, 5.74) is 1.56. The van der Waals surface area contributed by atoms with Gasteiger partial charge in [0.2, 0.25) is 0 Å². The van der Waals surface area contributed by atoms with Crippen LogP contribution in [0.2, 0.25) is 0 Å². The number of aryl methyl sites for hydroxylation is 2. The lowest BCUT2D eigenvalue weighted by Crippen LogP contribution is -2.38. The van der Waals surface area contributed by atoms with Crippen molar-refractivity contribution in [3.8, 4) is 5.75 Å². The Bertz CT molecular complexity index is 577. The molecule has 0 saturated carbocycles. The Morgan fingerprint density at radius 3 is 2.80 bits per heavy atom. The Labute approximate surface area is 152 Å². The summed E-state index contributed by atoms with van der Waals surface area (Å²) >= 11 is 0. The maximum absolute atomic E-state index is 11.8. The van der Waals surface area contributed by atoms with Crippen LogP contribution in [-0.4, -0.2) is 30.8 Å². The van der Waals surface area contributed by atoms with Crippen LogP contribution in [0.15, 0.2) is 18.2 Å². The fraction of sp³-hybridized carbons (Fsp3) is 0.667. The van der Waals surface area contributed by atoms with Gasteiger partial charge in [-0.1, -0.05) is 12.1 Å². The minimum absolute atomic E-state index is 0.111. The van der Waals surface area contributed by atoms with E-state index in [4.69, 9.17) is 4.74 Å². The lowest BCUT2D eigenvalue weighted by molar-refractivity contribution is -0.150. The predicted molar refractivity (Wildman–Crippen MR) is 101 cm³/mol. The van der Waals surface area contributed by atoms with Gasteiger partial charge in [0.15, 0.2) is 0 Å². The van der Waals surface area contributed by atoms with E-state index in [0.29, 0.717) is 12.5 Å². The van der Waals surface area contributed by atoms with Crippen LogP contribution in [0.1, 0.15) is 50.7 Å². The van der Waals surface area contributed by atoms with Gasteiger partial charge >= 0.3 is 5.97 Å². The van der Waals surface area contributed by atoms with Gasteiger partial charge in [-0.15, -0.1) is 0 Å². The molecule has 1 saturated heterocycles. The third kappa shape index (κ3) is 5.46. The normalized spacial score (nSPS) is 19.4. The highest BCUT2D eigenvalue weighted by molar-refractivity contribution is 5.74. The van der Waals surface area contributed by atoms with E-state index in [1.807, 2.05) is 20.8 Å². The van der Waals surface area contributed by atoms with Crippen molar-refractivity contribution in [2.45, 2.75) is 53.4 Å². The molecular formula is C21H33NO3. The van der Waals surface area contributed by atoms with Crippen LogP contribution >= 0.6 is 0 Å². The summed E-state index contributed by atoms with van der Waals surface area (Å²) in [6.45, 7) is 10.5. The molecule has 1 aromatic carbocycles. The number of carboxylic acids is 1. The first-order valence-electron chi connectivity index (χ1n) is 9.45. The molecule has 2 atom stereocenters. The van der Waals surface area contributed by atoms with E-state index in [-0.39, 0.29) is 5.92 Å². The lowest BCUT2D eigenvalue weighted by atomic mass is 9.72. The van der Waals surface area contributed by atoms with Gasteiger partial charge in [0.1, 0.15) is 5.75 Å². The Balaban J connectivity index is 1.99. The van der Waals surface area contributed by atoms with E-state index in [1.165, 1.54) is 18.4 Å². The van der Waals surface area contributed by atoms with Gasteiger partial charge in [0.25, 0.3) is 0 Å². The fourth-order valence-electron chi connectivity index (χ4n) is 3.65. The summed E-state index contributed by atoms with van der Waals surface area (Å²) in [6.07, 6.45) is 4.09. The molecule has 1 heterocycles. The third-order valence-electron chi connectivity index (χ3n) is 5.66. The van der Waals surface area contributed by atoms with Gasteiger partial charge in [0, 0.05) is 0 Å². The second-order valence-electron chi connectivity index (χ2n) is 8.08. The maximum atomic E-state index is 11.8. The van der Waals surface area contributed by atoms with Crippen molar-refractivity contribution in [1.82, 2.24) is 5.32 Å². The van der Waals surface area contributed by atoms with Gasteiger partial charge < -0.3 is 15.2 Å². The molecule has 0 amide bonds. The maximum Gasteiger partial charge on any atom is 0.309 e. The Morgan fingerprint density at radius 1 is 1.40 bits per heavy atom. The van der Waals surface area contributed by atoms with Crippen LogP contribution in [0.25, 0.3) is 0 Å². The van der Waals surface area contributed by atoms with Gasteiger partial charge in [-0.25, -0.2) is 0 Å². The molecule has 2 unspecified atom stereocenters. The lowest BCUT2D eigenvalue weighted by Gasteiger charge is -2.34. The van der Waals surface area contributed by atoms with Crippen LogP contribution in [0.4, 0.5) is 0 Å². The van der Waals surface area contributed by atoms with Crippen molar-refractivity contribution in [3.63, 3.8) is 0 Å². The number of hydrogen-bond acceptors (Lipinski definition) is 3. The van der Waals surface area contributed by atoms with Crippen molar-refractivity contribution < 1.29 is 14.6 Å². The number of carboxylic acid groups (broad SMARTS) is 1. The summed E-state index contributed by atoms with van der Waals surface area (Å²) in [5, 5.41) is 13.1. The SMILES string of the molecule is Cc1ccc(C)c(OCCC(CC2CCCNC2)C(C)(C)C(=O)O)c1. The highest BCUT2D eigenvalue weighted by Gasteiger charge is 2.38. The predicted octanol–water partition coefficient (Wildman–Crippen LogP) is 4.19. The zero-order valence-electron chi connectivity index (χ0n) is 16.1. The van der Waals surface area contributed by atoms with Gasteiger partial charge in [-0.3, -0.25) is 4.79 Å². The molecule has 2 rings (SSSR count). The Hall–Kier alpha value is -1.55. The van der Waals surface area contributed by atoms with E-state index in [9.17, 15) is 9.90 Å². The van der Waals surface area contributed by atoms with E-state index in [1.54, 1.807) is 0 Å². The summed E-state index contributed by atoms with van der Waals surface area (Å²) in [7, 11) is 0.